The van der Waals surface area contributed by atoms with Gasteiger partial charge in [0.2, 0.25) is 0 Å². The largest absolute Gasteiger partial charge is 0.337 e. The SMILES string of the molecule is CN(C)C(c1nccn1C)C(C)(C)C. The van der Waals surface area contributed by atoms with Gasteiger partial charge in [-0.3, -0.25) is 4.90 Å². The highest BCUT2D eigenvalue weighted by molar-refractivity contribution is 5.03. The van der Waals surface area contributed by atoms with Gasteiger partial charge in [-0.2, -0.15) is 0 Å². The molecule has 1 aromatic rings. The molecule has 0 saturated heterocycles. The Balaban J connectivity index is 3.08. The Bertz CT molecular complexity index is 294. The molecule has 1 heterocycles. The third-order valence-electron chi connectivity index (χ3n) is 2.44. The van der Waals surface area contributed by atoms with E-state index in [0.29, 0.717) is 6.04 Å². The van der Waals surface area contributed by atoms with Gasteiger partial charge in [-0.1, -0.05) is 20.8 Å². The lowest BCUT2D eigenvalue weighted by molar-refractivity contribution is 0.142. The van der Waals surface area contributed by atoms with Gasteiger partial charge in [-0.15, -0.1) is 0 Å². The summed E-state index contributed by atoms with van der Waals surface area (Å²) in [6, 6.07) is 0.350. The van der Waals surface area contributed by atoms with Crippen molar-refractivity contribution >= 4 is 0 Å². The molecule has 0 aliphatic carbocycles. The first-order valence-corrected chi connectivity index (χ1v) is 4.97. The molecule has 1 rings (SSSR count). The van der Waals surface area contributed by atoms with Gasteiger partial charge in [-0.05, 0) is 19.5 Å². The van der Waals surface area contributed by atoms with Gasteiger partial charge < -0.3 is 4.57 Å². The third-order valence-corrected chi connectivity index (χ3v) is 2.44. The van der Waals surface area contributed by atoms with E-state index in [1.54, 1.807) is 0 Å². The molecule has 0 N–H and O–H groups in total. The quantitative estimate of drug-likeness (QED) is 0.720. The Morgan fingerprint density at radius 2 is 1.93 bits per heavy atom. The smallest absolute Gasteiger partial charge is 0.126 e. The minimum atomic E-state index is 0.197. The van der Waals surface area contributed by atoms with Gasteiger partial charge in [0.25, 0.3) is 0 Å². The number of aromatic nitrogens is 2. The molecule has 0 aliphatic rings. The average Bonchev–Trinajstić information content (AvgIpc) is 2.32. The Hall–Kier alpha value is -0.830. The fraction of sp³-hybridized carbons (Fsp3) is 0.727. The normalized spacial score (nSPS) is 14.8. The van der Waals surface area contributed by atoms with Gasteiger partial charge in [0.15, 0.2) is 0 Å². The first kappa shape index (κ1) is 11.2. The number of hydrogen-bond acceptors (Lipinski definition) is 2. The summed E-state index contributed by atoms with van der Waals surface area (Å²) in [4.78, 5) is 6.65. The summed E-state index contributed by atoms with van der Waals surface area (Å²) >= 11 is 0. The summed E-state index contributed by atoms with van der Waals surface area (Å²) in [5.74, 6) is 1.13. The van der Waals surface area contributed by atoms with E-state index in [4.69, 9.17) is 0 Å². The van der Waals surface area contributed by atoms with Crippen molar-refractivity contribution in [3.05, 3.63) is 18.2 Å². The molecule has 80 valence electrons. The summed E-state index contributed by atoms with van der Waals surface area (Å²) in [6.07, 6.45) is 3.86. The minimum Gasteiger partial charge on any atom is -0.337 e. The van der Waals surface area contributed by atoms with Crippen LogP contribution in [0, 0.1) is 5.41 Å². The lowest BCUT2D eigenvalue weighted by atomic mass is 9.85. The van der Waals surface area contributed by atoms with E-state index in [2.05, 4.69) is 49.3 Å². The second kappa shape index (κ2) is 3.73. The highest BCUT2D eigenvalue weighted by atomic mass is 15.2. The second-order valence-electron chi connectivity index (χ2n) is 5.13. The predicted molar refractivity (Wildman–Crippen MR) is 59.1 cm³/mol. The van der Waals surface area contributed by atoms with E-state index in [0.717, 1.165) is 5.82 Å². The average molecular weight is 195 g/mol. The van der Waals surface area contributed by atoms with Crippen LogP contribution in [0.25, 0.3) is 0 Å². The van der Waals surface area contributed by atoms with Crippen LogP contribution in [0.15, 0.2) is 12.4 Å². The monoisotopic (exact) mass is 195 g/mol. The van der Waals surface area contributed by atoms with Crippen LogP contribution >= 0.6 is 0 Å². The highest BCUT2D eigenvalue weighted by Crippen LogP contribution is 2.35. The lowest BCUT2D eigenvalue weighted by Crippen LogP contribution is -2.33. The number of nitrogens with zero attached hydrogens (tertiary/aromatic N) is 3. The molecule has 0 fully saturated rings. The van der Waals surface area contributed by atoms with Crippen LogP contribution in [-0.2, 0) is 7.05 Å². The van der Waals surface area contributed by atoms with Gasteiger partial charge in [-0.25, -0.2) is 4.98 Å². The molecule has 0 spiro atoms. The number of rotatable bonds is 2. The molecule has 1 unspecified atom stereocenters. The molecule has 14 heavy (non-hydrogen) atoms. The molecule has 0 bridgehead atoms. The van der Waals surface area contributed by atoms with Gasteiger partial charge >= 0.3 is 0 Å². The van der Waals surface area contributed by atoms with E-state index < -0.39 is 0 Å². The van der Waals surface area contributed by atoms with E-state index in [1.807, 2.05) is 19.4 Å². The highest BCUT2D eigenvalue weighted by Gasteiger charge is 2.30. The Kier molecular flexibility index (Phi) is 3.00. The van der Waals surface area contributed by atoms with Crippen molar-refractivity contribution in [2.45, 2.75) is 26.8 Å². The molecular weight excluding hydrogens is 174 g/mol. The summed E-state index contributed by atoms with van der Waals surface area (Å²) in [5, 5.41) is 0. The molecule has 0 radical (unpaired) electrons. The van der Waals surface area contributed by atoms with Gasteiger partial charge in [0.05, 0.1) is 6.04 Å². The van der Waals surface area contributed by atoms with Crippen LogP contribution in [0.5, 0.6) is 0 Å². The molecule has 3 heteroatoms. The van der Waals surface area contributed by atoms with E-state index in [1.165, 1.54) is 0 Å². The van der Waals surface area contributed by atoms with Crippen LogP contribution in [0.2, 0.25) is 0 Å². The molecule has 0 aromatic carbocycles. The van der Waals surface area contributed by atoms with Crippen LogP contribution in [0.4, 0.5) is 0 Å². The summed E-state index contributed by atoms with van der Waals surface area (Å²) in [7, 11) is 6.25. The van der Waals surface area contributed by atoms with Crippen LogP contribution in [0.3, 0.4) is 0 Å². The van der Waals surface area contributed by atoms with Crippen molar-refractivity contribution < 1.29 is 0 Å². The van der Waals surface area contributed by atoms with Crippen LogP contribution in [-0.4, -0.2) is 28.5 Å². The first-order valence-electron chi connectivity index (χ1n) is 4.97. The second-order valence-corrected chi connectivity index (χ2v) is 5.13. The van der Waals surface area contributed by atoms with Crippen molar-refractivity contribution in [2.75, 3.05) is 14.1 Å². The van der Waals surface area contributed by atoms with Gasteiger partial charge in [0.1, 0.15) is 5.82 Å². The maximum atomic E-state index is 4.43. The van der Waals surface area contributed by atoms with Crippen molar-refractivity contribution in [2.24, 2.45) is 12.5 Å². The third kappa shape index (κ3) is 2.15. The van der Waals surface area contributed by atoms with E-state index >= 15 is 0 Å². The maximum absolute atomic E-state index is 4.43. The van der Waals surface area contributed by atoms with E-state index in [-0.39, 0.29) is 5.41 Å². The van der Waals surface area contributed by atoms with Crippen molar-refractivity contribution in [1.82, 2.24) is 14.5 Å². The standard InChI is InChI=1S/C11H21N3/c1-11(2,3)9(13(4)5)10-12-7-8-14(10)6/h7-9H,1-6H3. The summed E-state index contributed by atoms with van der Waals surface area (Å²) in [6.45, 7) is 6.73. The Labute approximate surface area is 86.7 Å². The molecule has 0 aliphatic heterocycles. The minimum absolute atomic E-state index is 0.197. The fourth-order valence-electron chi connectivity index (χ4n) is 2.03. The molecule has 0 saturated carbocycles. The number of hydrogen-bond donors (Lipinski definition) is 0. The van der Waals surface area contributed by atoms with Crippen molar-refractivity contribution in [1.29, 1.82) is 0 Å². The zero-order valence-corrected chi connectivity index (χ0v) is 10.1. The van der Waals surface area contributed by atoms with Crippen molar-refractivity contribution in [3.8, 4) is 0 Å². The maximum Gasteiger partial charge on any atom is 0.126 e. The lowest BCUT2D eigenvalue weighted by Gasteiger charge is -2.35. The van der Waals surface area contributed by atoms with Crippen molar-refractivity contribution in [3.63, 3.8) is 0 Å². The van der Waals surface area contributed by atoms with Crippen LogP contribution in [0.1, 0.15) is 32.6 Å². The first-order chi connectivity index (χ1) is 6.34. The Morgan fingerprint density at radius 3 is 2.21 bits per heavy atom. The number of aryl methyl sites for hydroxylation is 1. The molecule has 1 atom stereocenters. The van der Waals surface area contributed by atoms with Gasteiger partial charge in [0, 0.05) is 19.4 Å². The van der Waals surface area contributed by atoms with Crippen LogP contribution < -0.4 is 0 Å². The summed E-state index contributed by atoms with van der Waals surface area (Å²) in [5.41, 5.74) is 0.197. The molecular formula is C11H21N3. The molecule has 0 amide bonds. The molecule has 3 nitrogen and oxygen atoms in total. The Morgan fingerprint density at radius 1 is 1.36 bits per heavy atom. The van der Waals surface area contributed by atoms with E-state index in [9.17, 15) is 0 Å². The zero-order chi connectivity index (χ0) is 10.9. The topological polar surface area (TPSA) is 21.1 Å². The fourth-order valence-corrected chi connectivity index (χ4v) is 2.03. The number of imidazole rings is 1. The molecule has 1 aromatic heterocycles. The zero-order valence-electron chi connectivity index (χ0n) is 10.1. The summed E-state index contributed by atoms with van der Waals surface area (Å²) < 4.78 is 2.09. The predicted octanol–water partition coefficient (Wildman–Crippen LogP) is 2.07.